The van der Waals surface area contributed by atoms with Gasteiger partial charge in [-0.15, -0.1) is 0 Å². The predicted molar refractivity (Wildman–Crippen MR) is 97.1 cm³/mol. The molecule has 8 nitrogen and oxygen atoms in total. The first-order valence-corrected chi connectivity index (χ1v) is 8.09. The first-order chi connectivity index (χ1) is 13.0. The summed E-state index contributed by atoms with van der Waals surface area (Å²) in [6.45, 7) is 2.24. The molecule has 3 rings (SSSR count). The molecule has 0 atom stereocenters. The quantitative estimate of drug-likeness (QED) is 0.376. The van der Waals surface area contributed by atoms with Gasteiger partial charge in [0, 0.05) is 25.3 Å². The SMILES string of the molecule is COCc1cc(OC(=O)c2ccc([N+](=O)[O-])cc2)n(-c2ccc(C)cc2)n1. The number of aromatic nitrogens is 2. The largest absolute Gasteiger partial charge is 0.404 e. The first-order valence-electron chi connectivity index (χ1n) is 8.09. The number of aryl methyl sites for hydroxylation is 1. The normalized spacial score (nSPS) is 10.6. The fourth-order valence-corrected chi connectivity index (χ4v) is 2.45. The molecule has 8 heteroatoms. The molecule has 1 aromatic heterocycles. The minimum atomic E-state index is -0.637. The van der Waals surface area contributed by atoms with Crippen LogP contribution < -0.4 is 4.74 Å². The van der Waals surface area contributed by atoms with Crippen LogP contribution in [-0.2, 0) is 11.3 Å². The smallest absolute Gasteiger partial charge is 0.344 e. The van der Waals surface area contributed by atoms with Gasteiger partial charge in [-0.3, -0.25) is 10.1 Å². The van der Waals surface area contributed by atoms with Crippen LogP contribution >= 0.6 is 0 Å². The predicted octanol–water partition coefficient (Wildman–Crippen LogP) is 3.45. The molecule has 0 aliphatic heterocycles. The summed E-state index contributed by atoms with van der Waals surface area (Å²) in [5.41, 5.74) is 2.52. The lowest BCUT2D eigenvalue weighted by atomic mass is 10.2. The molecule has 0 saturated carbocycles. The number of carbonyl (C=O) groups excluding carboxylic acids is 1. The van der Waals surface area contributed by atoms with Gasteiger partial charge in [0.2, 0.25) is 5.88 Å². The summed E-state index contributed by atoms with van der Waals surface area (Å²) in [7, 11) is 1.55. The molecule has 0 fully saturated rings. The number of benzene rings is 2. The Labute approximate surface area is 155 Å². The van der Waals surface area contributed by atoms with Crippen LogP contribution in [-0.4, -0.2) is 27.8 Å². The molecule has 0 aliphatic rings. The van der Waals surface area contributed by atoms with Crippen LogP contribution in [0.3, 0.4) is 0 Å². The number of nitro benzene ring substituents is 1. The van der Waals surface area contributed by atoms with Gasteiger partial charge in [-0.25, -0.2) is 9.48 Å². The molecular weight excluding hydrogens is 350 g/mol. The van der Waals surface area contributed by atoms with Crippen molar-refractivity contribution in [3.63, 3.8) is 0 Å². The molecule has 0 spiro atoms. The third-order valence-corrected chi connectivity index (χ3v) is 3.81. The number of nitro groups is 1. The third-order valence-electron chi connectivity index (χ3n) is 3.81. The summed E-state index contributed by atoms with van der Waals surface area (Å²) in [5, 5.41) is 15.1. The van der Waals surface area contributed by atoms with E-state index in [0.29, 0.717) is 5.69 Å². The number of ether oxygens (including phenoxy) is 2. The molecule has 3 aromatic rings. The summed E-state index contributed by atoms with van der Waals surface area (Å²) in [4.78, 5) is 22.6. The topological polar surface area (TPSA) is 96.5 Å². The summed E-state index contributed by atoms with van der Waals surface area (Å²) < 4.78 is 12.1. The Morgan fingerprint density at radius 3 is 2.41 bits per heavy atom. The van der Waals surface area contributed by atoms with E-state index in [4.69, 9.17) is 9.47 Å². The maximum Gasteiger partial charge on any atom is 0.344 e. The Hall–Kier alpha value is -3.52. The van der Waals surface area contributed by atoms with E-state index < -0.39 is 10.9 Å². The molecule has 0 saturated heterocycles. The highest BCUT2D eigenvalue weighted by molar-refractivity contribution is 5.91. The number of nitrogens with zero attached hydrogens (tertiary/aromatic N) is 3. The van der Waals surface area contributed by atoms with E-state index in [-0.39, 0.29) is 23.7 Å². The van der Waals surface area contributed by atoms with Crippen molar-refractivity contribution >= 4 is 11.7 Å². The van der Waals surface area contributed by atoms with Gasteiger partial charge in [-0.1, -0.05) is 17.7 Å². The summed E-state index contributed by atoms with van der Waals surface area (Å²) >= 11 is 0. The van der Waals surface area contributed by atoms with Crippen LogP contribution in [0.5, 0.6) is 5.88 Å². The number of hydrogen-bond acceptors (Lipinski definition) is 6. The lowest BCUT2D eigenvalue weighted by molar-refractivity contribution is -0.384. The number of esters is 1. The van der Waals surface area contributed by atoms with Gasteiger partial charge in [0.25, 0.3) is 5.69 Å². The average Bonchev–Trinajstić information content (AvgIpc) is 3.05. The van der Waals surface area contributed by atoms with Crippen molar-refractivity contribution in [3.8, 4) is 11.6 Å². The van der Waals surface area contributed by atoms with Crippen molar-refractivity contribution in [1.29, 1.82) is 0 Å². The monoisotopic (exact) mass is 367 g/mol. The molecule has 138 valence electrons. The summed E-state index contributed by atoms with van der Waals surface area (Å²) in [6, 6.07) is 14.4. The van der Waals surface area contributed by atoms with Crippen LogP contribution in [0.15, 0.2) is 54.6 Å². The Balaban J connectivity index is 1.89. The number of non-ortho nitro benzene ring substituents is 1. The van der Waals surface area contributed by atoms with Gasteiger partial charge >= 0.3 is 5.97 Å². The lowest BCUT2D eigenvalue weighted by Gasteiger charge is -2.08. The highest BCUT2D eigenvalue weighted by Gasteiger charge is 2.17. The molecular formula is C19H17N3O5. The second-order valence-corrected chi connectivity index (χ2v) is 5.85. The molecule has 0 radical (unpaired) electrons. The van der Waals surface area contributed by atoms with Crippen LogP contribution in [0.2, 0.25) is 0 Å². The van der Waals surface area contributed by atoms with Gasteiger partial charge < -0.3 is 9.47 Å². The van der Waals surface area contributed by atoms with Crippen molar-refractivity contribution in [3.05, 3.63) is 81.5 Å². The van der Waals surface area contributed by atoms with E-state index in [0.717, 1.165) is 11.3 Å². The molecule has 1 heterocycles. The van der Waals surface area contributed by atoms with E-state index in [1.165, 1.54) is 28.9 Å². The highest BCUT2D eigenvalue weighted by Crippen LogP contribution is 2.22. The van der Waals surface area contributed by atoms with Gasteiger partial charge in [-0.2, -0.15) is 5.10 Å². The second-order valence-electron chi connectivity index (χ2n) is 5.85. The van der Waals surface area contributed by atoms with Gasteiger partial charge in [0.05, 0.1) is 28.5 Å². The van der Waals surface area contributed by atoms with E-state index in [2.05, 4.69) is 5.10 Å². The van der Waals surface area contributed by atoms with Crippen molar-refractivity contribution in [1.82, 2.24) is 9.78 Å². The molecule has 2 aromatic carbocycles. The highest BCUT2D eigenvalue weighted by atomic mass is 16.6. The molecule has 0 aliphatic carbocycles. The molecule has 0 amide bonds. The van der Waals surface area contributed by atoms with Crippen LogP contribution in [0.25, 0.3) is 5.69 Å². The fraction of sp³-hybridized carbons (Fsp3) is 0.158. The summed E-state index contributed by atoms with van der Waals surface area (Å²) in [6.07, 6.45) is 0. The van der Waals surface area contributed by atoms with Gasteiger partial charge in [-0.05, 0) is 31.2 Å². The maximum absolute atomic E-state index is 12.4. The van der Waals surface area contributed by atoms with Crippen molar-refractivity contribution in [2.24, 2.45) is 0 Å². The average molecular weight is 367 g/mol. The Kier molecular flexibility index (Phi) is 5.28. The van der Waals surface area contributed by atoms with Crippen molar-refractivity contribution in [2.75, 3.05) is 7.11 Å². The van der Waals surface area contributed by atoms with E-state index >= 15 is 0 Å². The molecule has 0 bridgehead atoms. The Bertz CT molecular complexity index is 962. The Morgan fingerprint density at radius 1 is 1.15 bits per heavy atom. The molecule has 0 unspecified atom stereocenters. The minimum absolute atomic E-state index is 0.0985. The zero-order valence-corrected chi connectivity index (χ0v) is 14.8. The maximum atomic E-state index is 12.4. The van der Waals surface area contributed by atoms with Crippen molar-refractivity contribution in [2.45, 2.75) is 13.5 Å². The van der Waals surface area contributed by atoms with Crippen LogP contribution in [0, 0.1) is 17.0 Å². The Morgan fingerprint density at radius 2 is 1.81 bits per heavy atom. The second kappa shape index (κ2) is 7.79. The zero-order chi connectivity index (χ0) is 19.4. The van der Waals surface area contributed by atoms with E-state index in [9.17, 15) is 14.9 Å². The van der Waals surface area contributed by atoms with Crippen molar-refractivity contribution < 1.29 is 19.2 Å². The number of rotatable bonds is 6. The summed E-state index contributed by atoms with van der Waals surface area (Å²) in [5.74, 6) is -0.406. The molecule has 0 N–H and O–H groups in total. The standard InChI is InChI=1S/C19H17N3O5/c1-13-3-7-16(8-4-13)21-18(11-15(20-21)12-26-2)27-19(23)14-5-9-17(10-6-14)22(24)25/h3-11H,12H2,1-2H3. The minimum Gasteiger partial charge on any atom is -0.404 e. The third kappa shape index (κ3) is 4.18. The van der Waals surface area contributed by atoms with Gasteiger partial charge in [0.15, 0.2) is 0 Å². The van der Waals surface area contributed by atoms with Crippen LogP contribution in [0.4, 0.5) is 5.69 Å². The number of hydrogen-bond donors (Lipinski definition) is 0. The van der Waals surface area contributed by atoms with Crippen LogP contribution in [0.1, 0.15) is 21.6 Å². The lowest BCUT2D eigenvalue weighted by Crippen LogP contribution is -2.11. The molecule has 27 heavy (non-hydrogen) atoms. The van der Waals surface area contributed by atoms with E-state index in [1.807, 2.05) is 31.2 Å². The first kappa shape index (κ1) is 18.3. The number of carbonyl (C=O) groups is 1. The van der Waals surface area contributed by atoms with E-state index in [1.54, 1.807) is 13.2 Å². The van der Waals surface area contributed by atoms with Gasteiger partial charge in [0.1, 0.15) is 0 Å². The fourth-order valence-electron chi connectivity index (χ4n) is 2.45. The number of methoxy groups -OCH3 is 1. The zero-order valence-electron chi connectivity index (χ0n) is 14.8.